The van der Waals surface area contributed by atoms with Gasteiger partial charge in [-0.05, 0) is 26.7 Å². The maximum absolute atomic E-state index is 11.9. The van der Waals surface area contributed by atoms with Crippen molar-refractivity contribution >= 4 is 11.8 Å². The number of carbonyl (C=O) groups is 1. The predicted molar refractivity (Wildman–Crippen MR) is 75.7 cm³/mol. The van der Waals surface area contributed by atoms with Gasteiger partial charge in [-0.2, -0.15) is 0 Å². The van der Waals surface area contributed by atoms with Crippen molar-refractivity contribution in [2.45, 2.75) is 45.6 Å². The van der Waals surface area contributed by atoms with Gasteiger partial charge in [-0.15, -0.1) is 0 Å². The summed E-state index contributed by atoms with van der Waals surface area (Å²) in [5, 5.41) is 0. The summed E-state index contributed by atoms with van der Waals surface area (Å²) in [6.45, 7) is 7.53. The molecule has 2 rings (SSSR count). The fourth-order valence-electron chi connectivity index (χ4n) is 2.77. The number of nitrogens with zero attached hydrogens (tertiary/aromatic N) is 2. The van der Waals surface area contributed by atoms with Crippen molar-refractivity contribution in [3.63, 3.8) is 0 Å². The Bertz CT molecular complexity index is 490. The molecule has 0 aromatic carbocycles. The van der Waals surface area contributed by atoms with E-state index in [4.69, 9.17) is 15.2 Å². The highest BCUT2D eigenvalue weighted by Crippen LogP contribution is 2.32. The Balaban J connectivity index is 2.44. The number of hydrogen-bond acceptors (Lipinski definition) is 5. The summed E-state index contributed by atoms with van der Waals surface area (Å²) in [5.74, 6) is 0.727. The molecule has 6 nitrogen and oxygen atoms in total. The minimum absolute atomic E-state index is 0.218. The van der Waals surface area contributed by atoms with Gasteiger partial charge in [0.25, 0.3) is 0 Å². The second-order valence-electron chi connectivity index (χ2n) is 5.32. The second-order valence-corrected chi connectivity index (χ2v) is 5.32. The van der Waals surface area contributed by atoms with Crippen LogP contribution >= 0.6 is 0 Å². The second kappa shape index (κ2) is 5.83. The van der Waals surface area contributed by atoms with E-state index in [0.29, 0.717) is 25.5 Å². The smallest absolute Gasteiger partial charge is 0.360 e. The van der Waals surface area contributed by atoms with Crippen LogP contribution in [-0.4, -0.2) is 35.3 Å². The van der Waals surface area contributed by atoms with E-state index in [1.807, 2.05) is 11.5 Å². The summed E-state index contributed by atoms with van der Waals surface area (Å²) in [4.78, 5) is 16.3. The van der Waals surface area contributed by atoms with E-state index >= 15 is 0 Å². The topological polar surface area (TPSA) is 79.4 Å². The Morgan fingerprint density at radius 1 is 1.55 bits per heavy atom. The number of carbonyl (C=O) groups excluding carboxylic acids is 1. The fourth-order valence-corrected chi connectivity index (χ4v) is 2.77. The molecule has 0 amide bonds. The third-order valence-electron chi connectivity index (χ3n) is 3.72. The zero-order valence-electron chi connectivity index (χ0n) is 12.4. The van der Waals surface area contributed by atoms with Gasteiger partial charge in [-0.3, -0.25) is 0 Å². The van der Waals surface area contributed by atoms with Crippen LogP contribution in [0.2, 0.25) is 0 Å². The molecule has 1 aromatic heterocycles. The van der Waals surface area contributed by atoms with E-state index in [-0.39, 0.29) is 11.2 Å². The standard InChI is InChI=1S/C14H23N3O3/c1-4-10-16-11(13(18)20-5-2)12(15)17(10)14(3)7-6-8-19-9-14/h4-9,15H2,1-3H3. The quantitative estimate of drug-likeness (QED) is 0.850. The zero-order valence-corrected chi connectivity index (χ0v) is 12.4. The van der Waals surface area contributed by atoms with Crippen LogP contribution < -0.4 is 5.73 Å². The molecule has 1 saturated heterocycles. The first kappa shape index (κ1) is 14.8. The van der Waals surface area contributed by atoms with Crippen LogP contribution in [0.4, 0.5) is 5.82 Å². The number of nitrogens with two attached hydrogens (primary N) is 1. The predicted octanol–water partition coefficient (Wildman–Crippen LogP) is 1.73. The molecule has 1 aromatic rings. The van der Waals surface area contributed by atoms with Gasteiger partial charge in [0, 0.05) is 13.0 Å². The number of anilines is 1. The number of imidazole rings is 1. The Morgan fingerprint density at radius 2 is 2.30 bits per heavy atom. The van der Waals surface area contributed by atoms with Crippen LogP contribution in [0, 0.1) is 0 Å². The van der Waals surface area contributed by atoms with Crippen molar-refractivity contribution in [2.75, 3.05) is 25.6 Å². The molecule has 0 saturated carbocycles. The summed E-state index contributed by atoms with van der Waals surface area (Å²) in [6.07, 6.45) is 2.65. The molecule has 0 aliphatic carbocycles. The van der Waals surface area contributed by atoms with E-state index in [0.717, 1.165) is 25.3 Å². The van der Waals surface area contributed by atoms with Crippen LogP contribution in [0.3, 0.4) is 0 Å². The number of nitrogen functional groups attached to an aromatic ring is 1. The van der Waals surface area contributed by atoms with Crippen LogP contribution in [-0.2, 0) is 21.4 Å². The molecule has 2 N–H and O–H groups in total. The molecule has 1 fully saturated rings. The number of hydrogen-bond donors (Lipinski definition) is 1. The lowest BCUT2D eigenvalue weighted by Gasteiger charge is -2.36. The summed E-state index contributed by atoms with van der Waals surface area (Å²) < 4.78 is 12.6. The SMILES string of the molecule is CCOC(=O)c1nc(CC)n(C2(C)CCCOC2)c1N. The Labute approximate surface area is 119 Å². The molecule has 20 heavy (non-hydrogen) atoms. The van der Waals surface area contributed by atoms with Crippen molar-refractivity contribution in [1.29, 1.82) is 0 Å². The molecule has 1 aliphatic heterocycles. The molecule has 112 valence electrons. The number of ether oxygens (including phenoxy) is 2. The molecule has 1 atom stereocenters. The number of aryl methyl sites for hydroxylation is 1. The summed E-state index contributed by atoms with van der Waals surface area (Å²) in [6, 6.07) is 0. The number of aromatic nitrogens is 2. The summed E-state index contributed by atoms with van der Waals surface area (Å²) >= 11 is 0. The van der Waals surface area contributed by atoms with E-state index in [9.17, 15) is 4.79 Å². The van der Waals surface area contributed by atoms with Gasteiger partial charge >= 0.3 is 5.97 Å². The Hall–Kier alpha value is -1.56. The normalized spacial score (nSPS) is 22.8. The Kier molecular flexibility index (Phi) is 4.32. The van der Waals surface area contributed by atoms with E-state index in [1.54, 1.807) is 6.92 Å². The molecule has 1 aliphatic rings. The first-order chi connectivity index (χ1) is 9.53. The molecule has 0 radical (unpaired) electrons. The summed E-state index contributed by atoms with van der Waals surface area (Å²) in [7, 11) is 0. The van der Waals surface area contributed by atoms with Crippen molar-refractivity contribution in [1.82, 2.24) is 9.55 Å². The summed E-state index contributed by atoms with van der Waals surface area (Å²) in [5.41, 5.74) is 6.14. The third kappa shape index (κ3) is 2.52. The largest absolute Gasteiger partial charge is 0.461 e. The van der Waals surface area contributed by atoms with Crippen molar-refractivity contribution in [2.24, 2.45) is 0 Å². The van der Waals surface area contributed by atoms with Gasteiger partial charge in [0.05, 0.1) is 18.8 Å². The van der Waals surface area contributed by atoms with Gasteiger partial charge in [0.2, 0.25) is 0 Å². The van der Waals surface area contributed by atoms with Crippen LogP contribution in [0.25, 0.3) is 0 Å². The van der Waals surface area contributed by atoms with Crippen molar-refractivity contribution in [3.8, 4) is 0 Å². The van der Waals surface area contributed by atoms with Crippen LogP contribution in [0.1, 0.15) is 49.9 Å². The van der Waals surface area contributed by atoms with E-state index in [2.05, 4.69) is 11.9 Å². The average Bonchev–Trinajstić information content (AvgIpc) is 2.77. The molecule has 1 unspecified atom stereocenters. The first-order valence-corrected chi connectivity index (χ1v) is 7.16. The highest BCUT2D eigenvalue weighted by Gasteiger charge is 2.35. The molecule has 2 heterocycles. The van der Waals surface area contributed by atoms with E-state index < -0.39 is 5.97 Å². The van der Waals surface area contributed by atoms with Gasteiger partial charge < -0.3 is 19.8 Å². The van der Waals surface area contributed by atoms with Gasteiger partial charge in [-0.25, -0.2) is 9.78 Å². The first-order valence-electron chi connectivity index (χ1n) is 7.16. The minimum atomic E-state index is -0.459. The van der Waals surface area contributed by atoms with Gasteiger partial charge in [0.1, 0.15) is 11.6 Å². The lowest BCUT2D eigenvalue weighted by atomic mass is 9.94. The van der Waals surface area contributed by atoms with Crippen LogP contribution in [0.15, 0.2) is 0 Å². The lowest BCUT2D eigenvalue weighted by molar-refractivity contribution is 0.00922. The van der Waals surface area contributed by atoms with Gasteiger partial charge in [0.15, 0.2) is 5.69 Å². The minimum Gasteiger partial charge on any atom is -0.461 e. The lowest BCUT2D eigenvalue weighted by Crippen LogP contribution is -2.40. The van der Waals surface area contributed by atoms with Crippen molar-refractivity contribution in [3.05, 3.63) is 11.5 Å². The monoisotopic (exact) mass is 281 g/mol. The number of esters is 1. The highest BCUT2D eigenvalue weighted by molar-refractivity contribution is 5.92. The van der Waals surface area contributed by atoms with Crippen LogP contribution in [0.5, 0.6) is 0 Å². The molecule has 0 spiro atoms. The fraction of sp³-hybridized carbons (Fsp3) is 0.714. The van der Waals surface area contributed by atoms with Gasteiger partial charge in [-0.1, -0.05) is 6.92 Å². The van der Waals surface area contributed by atoms with Crippen molar-refractivity contribution < 1.29 is 14.3 Å². The zero-order chi connectivity index (χ0) is 14.8. The Morgan fingerprint density at radius 3 is 2.85 bits per heavy atom. The highest BCUT2D eigenvalue weighted by atomic mass is 16.5. The molecule has 0 bridgehead atoms. The third-order valence-corrected chi connectivity index (χ3v) is 3.72. The number of rotatable bonds is 4. The molecule has 6 heteroatoms. The molecular weight excluding hydrogens is 258 g/mol. The maximum atomic E-state index is 11.9. The van der Waals surface area contributed by atoms with E-state index in [1.165, 1.54) is 0 Å². The maximum Gasteiger partial charge on any atom is 0.360 e. The molecular formula is C14H23N3O3. The average molecular weight is 281 g/mol.